The average Bonchev–Trinajstić information content (AvgIpc) is 3.28. The Kier molecular flexibility index (Phi) is 6.24. The topological polar surface area (TPSA) is 106 Å². The highest BCUT2D eigenvalue weighted by Crippen LogP contribution is 2.68. The zero-order chi connectivity index (χ0) is 31.9. The van der Waals surface area contributed by atoms with Crippen molar-refractivity contribution in [3.63, 3.8) is 0 Å². The molecule has 1 aromatic carbocycles. The SMILES string of the molecule is O=C(Cn1nc(C(F)F)c2c1C(F)(F)C1C[C@H]21)NC(Cc1cc(F)cc(F)c1)c1nc2cn[nH]c2cc1-c1ccc2ccnn2c1. The van der Waals surface area contributed by atoms with Crippen molar-refractivity contribution in [3.05, 3.63) is 101 Å². The van der Waals surface area contributed by atoms with Crippen LogP contribution < -0.4 is 5.32 Å². The molecule has 0 aliphatic heterocycles. The average molecular weight is 637 g/mol. The fraction of sp³-hybridized carbons (Fsp3) is 0.258. The van der Waals surface area contributed by atoms with Gasteiger partial charge >= 0.3 is 0 Å². The maximum absolute atomic E-state index is 15.2. The van der Waals surface area contributed by atoms with E-state index in [1.165, 1.54) is 6.20 Å². The monoisotopic (exact) mass is 636 g/mol. The summed E-state index contributed by atoms with van der Waals surface area (Å²) in [5, 5.41) is 17.7. The number of hydrogen-bond donors (Lipinski definition) is 2. The van der Waals surface area contributed by atoms with E-state index < -0.39 is 65.7 Å². The van der Waals surface area contributed by atoms with E-state index in [0.717, 1.165) is 17.6 Å². The second-order valence-electron chi connectivity index (χ2n) is 11.6. The number of nitrogens with zero attached hydrogens (tertiary/aromatic N) is 6. The van der Waals surface area contributed by atoms with Gasteiger partial charge in [-0.1, -0.05) is 6.07 Å². The van der Waals surface area contributed by atoms with Gasteiger partial charge in [-0.15, -0.1) is 0 Å². The van der Waals surface area contributed by atoms with Crippen molar-refractivity contribution in [2.24, 2.45) is 5.92 Å². The van der Waals surface area contributed by atoms with E-state index in [9.17, 15) is 22.4 Å². The van der Waals surface area contributed by atoms with E-state index in [4.69, 9.17) is 4.98 Å². The molecule has 234 valence electrons. The maximum Gasteiger partial charge on any atom is 0.293 e. The molecule has 2 aliphatic carbocycles. The minimum atomic E-state index is -3.41. The Hall–Kier alpha value is -5.21. The van der Waals surface area contributed by atoms with Gasteiger partial charge in [-0.2, -0.15) is 24.1 Å². The number of aromatic nitrogens is 7. The number of aromatic amines is 1. The van der Waals surface area contributed by atoms with Gasteiger partial charge in [0.25, 0.3) is 12.3 Å². The van der Waals surface area contributed by atoms with Crippen LogP contribution in [0.2, 0.25) is 0 Å². The summed E-state index contributed by atoms with van der Waals surface area (Å²) in [7, 11) is 0. The van der Waals surface area contributed by atoms with E-state index in [-0.39, 0.29) is 29.7 Å². The molecule has 5 aromatic heterocycles. The van der Waals surface area contributed by atoms with Gasteiger partial charge < -0.3 is 5.32 Å². The minimum absolute atomic E-state index is 0.0825. The molecule has 0 spiro atoms. The van der Waals surface area contributed by atoms with Crippen LogP contribution in [0.15, 0.2) is 61.1 Å². The first-order chi connectivity index (χ1) is 22.1. The molecule has 0 bridgehead atoms. The highest BCUT2D eigenvalue weighted by molar-refractivity contribution is 5.83. The third kappa shape index (κ3) is 4.60. The predicted molar refractivity (Wildman–Crippen MR) is 151 cm³/mol. The second-order valence-corrected chi connectivity index (χ2v) is 11.6. The van der Waals surface area contributed by atoms with Crippen LogP contribution in [0, 0.1) is 17.6 Å². The molecule has 5 heterocycles. The lowest BCUT2D eigenvalue weighted by atomic mass is 9.95. The molecule has 2 N–H and O–H groups in total. The van der Waals surface area contributed by atoms with E-state index in [0.29, 0.717) is 32.9 Å². The predicted octanol–water partition coefficient (Wildman–Crippen LogP) is 5.99. The number of alkyl halides is 4. The molecule has 2 unspecified atom stereocenters. The second kappa shape index (κ2) is 10.2. The third-order valence-corrected chi connectivity index (χ3v) is 8.65. The molecule has 1 saturated carbocycles. The summed E-state index contributed by atoms with van der Waals surface area (Å²) < 4.78 is 88.8. The maximum atomic E-state index is 15.2. The lowest BCUT2D eigenvalue weighted by molar-refractivity contribution is -0.123. The summed E-state index contributed by atoms with van der Waals surface area (Å²) in [6, 6.07) is 9.05. The third-order valence-electron chi connectivity index (χ3n) is 8.65. The lowest BCUT2D eigenvalue weighted by Crippen LogP contribution is -2.35. The normalized spacial score (nSPS) is 18.7. The zero-order valence-electron chi connectivity index (χ0n) is 23.6. The van der Waals surface area contributed by atoms with E-state index in [1.54, 1.807) is 29.0 Å². The fourth-order valence-corrected chi connectivity index (χ4v) is 6.60. The van der Waals surface area contributed by atoms with E-state index in [1.807, 2.05) is 12.1 Å². The molecule has 6 aromatic rings. The molecule has 9 nitrogen and oxygen atoms in total. The number of halogens is 6. The summed E-state index contributed by atoms with van der Waals surface area (Å²) in [6.45, 7) is -0.791. The molecule has 3 atom stereocenters. The van der Waals surface area contributed by atoms with Gasteiger partial charge in [0.2, 0.25) is 5.91 Å². The van der Waals surface area contributed by atoms with Gasteiger partial charge in [0.1, 0.15) is 35.1 Å². The van der Waals surface area contributed by atoms with Crippen molar-refractivity contribution in [3.8, 4) is 11.1 Å². The van der Waals surface area contributed by atoms with Gasteiger partial charge in [-0.3, -0.25) is 14.6 Å². The highest BCUT2D eigenvalue weighted by Gasteiger charge is 2.67. The molecule has 46 heavy (non-hydrogen) atoms. The molecule has 1 amide bonds. The molecule has 0 saturated heterocycles. The van der Waals surface area contributed by atoms with Crippen molar-refractivity contribution in [2.75, 3.05) is 0 Å². The number of pyridine rings is 2. The largest absolute Gasteiger partial charge is 0.346 e. The van der Waals surface area contributed by atoms with Crippen molar-refractivity contribution in [1.82, 2.24) is 39.9 Å². The van der Waals surface area contributed by atoms with Crippen LogP contribution in [0.5, 0.6) is 0 Å². The van der Waals surface area contributed by atoms with Crippen LogP contribution in [-0.2, 0) is 23.7 Å². The zero-order valence-corrected chi connectivity index (χ0v) is 23.6. The lowest BCUT2D eigenvalue weighted by Gasteiger charge is -2.22. The first-order valence-corrected chi connectivity index (χ1v) is 14.4. The summed E-state index contributed by atoms with van der Waals surface area (Å²) in [6.07, 6.45) is 1.66. The Morgan fingerprint density at radius 1 is 1.09 bits per heavy atom. The Bertz CT molecular complexity index is 2150. The van der Waals surface area contributed by atoms with Crippen molar-refractivity contribution in [2.45, 2.75) is 43.7 Å². The number of carbonyl (C=O) groups excluding carboxylic acids is 1. The Morgan fingerprint density at radius 3 is 2.67 bits per heavy atom. The summed E-state index contributed by atoms with van der Waals surface area (Å²) in [5.74, 6) is -7.74. The first kappa shape index (κ1) is 28.3. The molecule has 0 radical (unpaired) electrons. The minimum Gasteiger partial charge on any atom is -0.346 e. The summed E-state index contributed by atoms with van der Waals surface area (Å²) >= 11 is 0. The van der Waals surface area contributed by atoms with E-state index in [2.05, 4.69) is 25.7 Å². The number of nitrogens with one attached hydrogen (secondary N) is 2. The summed E-state index contributed by atoms with van der Waals surface area (Å²) in [4.78, 5) is 18.3. The highest BCUT2D eigenvalue weighted by atomic mass is 19.3. The van der Waals surface area contributed by atoms with Crippen LogP contribution >= 0.6 is 0 Å². The Balaban J connectivity index is 1.21. The standard InChI is InChI=1S/C31H22F6N8O/c32-16-5-14(6-17(33)8-16)7-23(40-25(46)13-45-29-26(28(43-45)30(34)35)20-9-21(20)31(29,36)37)27-19(10-22-24(41-27)11-38-42-22)15-1-2-18-3-4-39-44(18)12-15/h1-6,8,10-12,20-21,23,30H,7,9,13H2,(H,38,42)(H,40,46)/t20-,21?,23?/m0/s1. The quantitative estimate of drug-likeness (QED) is 0.200. The van der Waals surface area contributed by atoms with Crippen LogP contribution in [0.25, 0.3) is 27.7 Å². The molecular weight excluding hydrogens is 614 g/mol. The number of rotatable bonds is 8. The smallest absolute Gasteiger partial charge is 0.293 e. The van der Waals surface area contributed by atoms with Gasteiger partial charge in [0.15, 0.2) is 0 Å². The van der Waals surface area contributed by atoms with Crippen LogP contribution in [-0.4, -0.2) is 40.5 Å². The molecule has 1 fully saturated rings. The van der Waals surface area contributed by atoms with Gasteiger partial charge in [-0.05, 0) is 54.7 Å². The Morgan fingerprint density at radius 2 is 1.89 bits per heavy atom. The van der Waals surface area contributed by atoms with Crippen molar-refractivity contribution in [1.29, 1.82) is 0 Å². The van der Waals surface area contributed by atoms with Crippen molar-refractivity contribution < 1.29 is 31.1 Å². The summed E-state index contributed by atoms with van der Waals surface area (Å²) in [5.41, 5.74) is 1.80. The molecular formula is C31H22F6N8O. The molecule has 2 aliphatic rings. The van der Waals surface area contributed by atoms with Gasteiger partial charge in [0.05, 0.1) is 29.0 Å². The number of H-pyrrole nitrogens is 1. The first-order valence-electron chi connectivity index (χ1n) is 14.4. The fourth-order valence-electron chi connectivity index (χ4n) is 6.60. The number of fused-ring (bicyclic) bond motifs is 5. The number of benzene rings is 1. The van der Waals surface area contributed by atoms with Crippen molar-refractivity contribution >= 4 is 22.5 Å². The number of carbonyl (C=O) groups is 1. The van der Waals surface area contributed by atoms with Crippen LogP contribution in [0.3, 0.4) is 0 Å². The van der Waals surface area contributed by atoms with Crippen LogP contribution in [0.1, 0.15) is 53.0 Å². The van der Waals surface area contributed by atoms with Crippen LogP contribution in [0.4, 0.5) is 26.3 Å². The number of hydrogen-bond acceptors (Lipinski definition) is 5. The molecule has 8 rings (SSSR count). The molecule has 15 heteroatoms. The van der Waals surface area contributed by atoms with Gasteiger partial charge in [-0.25, -0.2) is 27.1 Å². The van der Waals surface area contributed by atoms with E-state index >= 15 is 8.78 Å². The number of amides is 1. The van der Waals surface area contributed by atoms with Gasteiger partial charge in [0, 0.05) is 41.1 Å². The Labute approximate surface area is 255 Å².